The molecule has 2 N–H and O–H groups in total. The second-order valence-electron chi connectivity index (χ2n) is 4.23. The summed E-state index contributed by atoms with van der Waals surface area (Å²) in [6.07, 6.45) is 0.832. The maximum atomic E-state index is 11.9. The van der Waals surface area contributed by atoms with E-state index in [4.69, 9.17) is 0 Å². The van der Waals surface area contributed by atoms with E-state index in [1.54, 1.807) is 0 Å². The lowest BCUT2D eigenvalue weighted by Gasteiger charge is -2.22. The number of carbonyl (C=O) groups excluding carboxylic acids is 3. The van der Waals surface area contributed by atoms with Crippen LogP contribution in [0.2, 0.25) is 0 Å². The van der Waals surface area contributed by atoms with E-state index in [0.717, 1.165) is 17.9 Å². The fourth-order valence-electron chi connectivity index (χ4n) is 1.71. The highest BCUT2D eigenvalue weighted by molar-refractivity contribution is 6.35. The van der Waals surface area contributed by atoms with Crippen LogP contribution in [0.1, 0.15) is 6.42 Å². The van der Waals surface area contributed by atoms with E-state index in [9.17, 15) is 14.4 Å². The first-order chi connectivity index (χ1) is 8.56. The molecule has 1 saturated heterocycles. The molecule has 1 aliphatic heterocycles. The van der Waals surface area contributed by atoms with Gasteiger partial charge in [-0.1, -0.05) is 0 Å². The number of hydrogen-bond acceptors (Lipinski definition) is 4. The van der Waals surface area contributed by atoms with Gasteiger partial charge in [0.05, 0.1) is 6.54 Å². The SMILES string of the molecule is CNC(=O)CN(C)C(=O)C(=O)N1CCCNCC1. The van der Waals surface area contributed by atoms with Gasteiger partial charge in [0.15, 0.2) is 0 Å². The van der Waals surface area contributed by atoms with Crippen LogP contribution in [0.25, 0.3) is 0 Å². The molecule has 0 aromatic carbocycles. The number of carbonyl (C=O) groups is 3. The fourth-order valence-corrected chi connectivity index (χ4v) is 1.71. The number of amides is 3. The molecule has 102 valence electrons. The van der Waals surface area contributed by atoms with Crippen molar-refractivity contribution in [2.75, 3.05) is 46.8 Å². The quantitative estimate of drug-likeness (QED) is 0.561. The van der Waals surface area contributed by atoms with E-state index in [0.29, 0.717) is 19.6 Å². The van der Waals surface area contributed by atoms with Crippen molar-refractivity contribution in [3.8, 4) is 0 Å². The summed E-state index contributed by atoms with van der Waals surface area (Å²) in [5.41, 5.74) is 0. The van der Waals surface area contributed by atoms with Crippen molar-refractivity contribution in [1.82, 2.24) is 20.4 Å². The van der Waals surface area contributed by atoms with Crippen LogP contribution in [-0.4, -0.2) is 74.3 Å². The number of nitrogens with one attached hydrogen (secondary N) is 2. The molecule has 7 heteroatoms. The number of rotatable bonds is 2. The summed E-state index contributed by atoms with van der Waals surface area (Å²) >= 11 is 0. The average molecular weight is 256 g/mol. The maximum absolute atomic E-state index is 11.9. The van der Waals surface area contributed by atoms with E-state index in [-0.39, 0.29) is 12.5 Å². The molecule has 0 unspecified atom stereocenters. The second kappa shape index (κ2) is 6.95. The van der Waals surface area contributed by atoms with Gasteiger partial charge in [-0.2, -0.15) is 0 Å². The summed E-state index contributed by atoms with van der Waals surface area (Å²) in [7, 11) is 2.94. The van der Waals surface area contributed by atoms with Crippen LogP contribution < -0.4 is 10.6 Å². The summed E-state index contributed by atoms with van der Waals surface area (Å²) < 4.78 is 0. The number of hydrogen-bond donors (Lipinski definition) is 2. The van der Waals surface area contributed by atoms with Gasteiger partial charge >= 0.3 is 11.8 Å². The minimum atomic E-state index is -0.638. The topological polar surface area (TPSA) is 81.8 Å². The van der Waals surface area contributed by atoms with E-state index in [1.807, 2.05) is 0 Å². The Labute approximate surface area is 106 Å². The van der Waals surface area contributed by atoms with Crippen LogP contribution >= 0.6 is 0 Å². The summed E-state index contributed by atoms with van der Waals surface area (Å²) in [5.74, 6) is -1.47. The van der Waals surface area contributed by atoms with Gasteiger partial charge in [-0.15, -0.1) is 0 Å². The van der Waals surface area contributed by atoms with Crippen LogP contribution in [0, 0.1) is 0 Å². The highest BCUT2D eigenvalue weighted by Gasteiger charge is 2.26. The zero-order chi connectivity index (χ0) is 13.5. The minimum Gasteiger partial charge on any atom is -0.358 e. The van der Waals surface area contributed by atoms with Gasteiger partial charge in [0.1, 0.15) is 0 Å². The zero-order valence-corrected chi connectivity index (χ0v) is 10.9. The molecule has 0 aliphatic carbocycles. The van der Waals surface area contributed by atoms with Crippen molar-refractivity contribution in [2.24, 2.45) is 0 Å². The number of nitrogens with zero attached hydrogens (tertiary/aromatic N) is 2. The summed E-state index contributed by atoms with van der Waals surface area (Å²) in [4.78, 5) is 37.6. The van der Waals surface area contributed by atoms with Gasteiger partial charge in [0.25, 0.3) is 0 Å². The van der Waals surface area contributed by atoms with Gasteiger partial charge in [-0.25, -0.2) is 0 Å². The summed E-state index contributed by atoms with van der Waals surface area (Å²) in [5, 5.41) is 5.57. The molecular weight excluding hydrogens is 236 g/mol. The first kappa shape index (κ1) is 14.4. The Balaban J connectivity index is 2.53. The lowest BCUT2D eigenvalue weighted by molar-refractivity contribution is -0.151. The lowest BCUT2D eigenvalue weighted by Crippen LogP contribution is -2.47. The fraction of sp³-hybridized carbons (Fsp3) is 0.727. The van der Waals surface area contributed by atoms with E-state index in [1.165, 1.54) is 19.0 Å². The molecule has 1 aliphatic rings. The third kappa shape index (κ3) is 3.99. The molecule has 0 aromatic rings. The zero-order valence-electron chi connectivity index (χ0n) is 10.9. The molecule has 3 amide bonds. The van der Waals surface area contributed by atoms with Crippen LogP contribution in [0.4, 0.5) is 0 Å². The molecule has 7 nitrogen and oxygen atoms in total. The Morgan fingerprint density at radius 2 is 2.00 bits per heavy atom. The molecule has 1 fully saturated rings. The highest BCUT2D eigenvalue weighted by Crippen LogP contribution is 1.99. The molecule has 0 aromatic heterocycles. The largest absolute Gasteiger partial charge is 0.358 e. The van der Waals surface area contributed by atoms with Crippen molar-refractivity contribution < 1.29 is 14.4 Å². The summed E-state index contributed by atoms with van der Waals surface area (Å²) in [6.45, 7) is 2.54. The molecular formula is C11H20N4O3. The standard InChI is InChI=1S/C11H20N4O3/c1-12-9(16)8-14(2)10(17)11(18)15-6-3-4-13-5-7-15/h13H,3-8H2,1-2H3,(H,12,16). The Hall–Kier alpha value is -1.63. The minimum absolute atomic E-state index is 0.104. The third-order valence-electron chi connectivity index (χ3n) is 2.82. The van der Waals surface area contributed by atoms with Crippen molar-refractivity contribution >= 4 is 17.7 Å². The van der Waals surface area contributed by atoms with E-state index < -0.39 is 11.8 Å². The molecule has 1 heterocycles. The lowest BCUT2D eigenvalue weighted by atomic mass is 10.3. The summed E-state index contributed by atoms with van der Waals surface area (Å²) in [6, 6.07) is 0. The van der Waals surface area contributed by atoms with Crippen molar-refractivity contribution in [2.45, 2.75) is 6.42 Å². The maximum Gasteiger partial charge on any atom is 0.312 e. The van der Waals surface area contributed by atoms with Crippen LogP contribution in [-0.2, 0) is 14.4 Å². The monoisotopic (exact) mass is 256 g/mol. The van der Waals surface area contributed by atoms with Crippen LogP contribution in [0.5, 0.6) is 0 Å². The van der Waals surface area contributed by atoms with E-state index in [2.05, 4.69) is 10.6 Å². The third-order valence-corrected chi connectivity index (χ3v) is 2.82. The van der Waals surface area contributed by atoms with Crippen molar-refractivity contribution in [1.29, 1.82) is 0 Å². The van der Waals surface area contributed by atoms with Gasteiger partial charge in [0, 0.05) is 33.7 Å². The first-order valence-corrected chi connectivity index (χ1v) is 6.02. The van der Waals surface area contributed by atoms with Gasteiger partial charge in [-0.3, -0.25) is 14.4 Å². The smallest absolute Gasteiger partial charge is 0.312 e. The van der Waals surface area contributed by atoms with Gasteiger partial charge in [-0.05, 0) is 13.0 Å². The van der Waals surface area contributed by atoms with Crippen molar-refractivity contribution in [3.05, 3.63) is 0 Å². The van der Waals surface area contributed by atoms with Crippen LogP contribution in [0.3, 0.4) is 0 Å². The van der Waals surface area contributed by atoms with Crippen molar-refractivity contribution in [3.63, 3.8) is 0 Å². The molecule has 18 heavy (non-hydrogen) atoms. The Morgan fingerprint density at radius 3 is 2.67 bits per heavy atom. The predicted molar refractivity (Wildman–Crippen MR) is 65.8 cm³/mol. The Kier molecular flexibility index (Phi) is 5.57. The highest BCUT2D eigenvalue weighted by atomic mass is 16.2. The van der Waals surface area contributed by atoms with Gasteiger partial charge < -0.3 is 20.4 Å². The van der Waals surface area contributed by atoms with Gasteiger partial charge in [0.2, 0.25) is 5.91 Å². The molecule has 0 bridgehead atoms. The predicted octanol–water partition coefficient (Wildman–Crippen LogP) is -1.99. The second-order valence-corrected chi connectivity index (χ2v) is 4.23. The van der Waals surface area contributed by atoms with Crippen LogP contribution in [0.15, 0.2) is 0 Å². The normalized spacial score (nSPS) is 15.8. The molecule has 0 saturated carbocycles. The van der Waals surface area contributed by atoms with E-state index >= 15 is 0 Å². The molecule has 1 rings (SSSR count). The Morgan fingerprint density at radius 1 is 1.28 bits per heavy atom. The molecule has 0 atom stereocenters. The number of likely N-dealkylation sites (N-methyl/N-ethyl adjacent to an activating group) is 2. The first-order valence-electron chi connectivity index (χ1n) is 6.02. The molecule has 0 spiro atoms. The average Bonchev–Trinajstić information content (AvgIpc) is 2.65. The Bertz CT molecular complexity index is 324. The molecule has 0 radical (unpaired) electrons.